The number of benzene rings is 1. The van der Waals surface area contributed by atoms with E-state index in [0.717, 1.165) is 30.4 Å². The van der Waals surface area contributed by atoms with E-state index in [1.165, 1.54) is 31.2 Å². The number of methoxy groups -OCH3 is 2. The second kappa shape index (κ2) is 7.53. The highest BCUT2D eigenvalue weighted by molar-refractivity contribution is 5.42. The molecule has 0 saturated heterocycles. The van der Waals surface area contributed by atoms with Gasteiger partial charge in [-0.2, -0.15) is 0 Å². The fourth-order valence-corrected chi connectivity index (χ4v) is 3.10. The fourth-order valence-electron chi connectivity index (χ4n) is 3.10. The average molecular weight is 277 g/mol. The molecule has 1 aromatic carbocycles. The molecule has 1 unspecified atom stereocenters. The van der Waals surface area contributed by atoms with Gasteiger partial charge >= 0.3 is 0 Å². The number of hydrogen-bond donors (Lipinski definition) is 1. The van der Waals surface area contributed by atoms with Crippen LogP contribution in [0.15, 0.2) is 18.2 Å². The van der Waals surface area contributed by atoms with Crippen molar-refractivity contribution in [2.45, 2.75) is 45.1 Å². The first kappa shape index (κ1) is 15.2. The molecule has 20 heavy (non-hydrogen) atoms. The van der Waals surface area contributed by atoms with Gasteiger partial charge in [0.25, 0.3) is 0 Å². The van der Waals surface area contributed by atoms with E-state index in [1.54, 1.807) is 14.2 Å². The first-order valence-corrected chi connectivity index (χ1v) is 7.69. The highest BCUT2D eigenvalue weighted by atomic mass is 16.5. The van der Waals surface area contributed by atoms with E-state index >= 15 is 0 Å². The van der Waals surface area contributed by atoms with Crippen molar-refractivity contribution in [2.24, 2.45) is 5.92 Å². The van der Waals surface area contributed by atoms with E-state index in [1.807, 2.05) is 6.07 Å². The zero-order chi connectivity index (χ0) is 14.4. The Morgan fingerprint density at radius 2 is 1.85 bits per heavy atom. The topological polar surface area (TPSA) is 30.5 Å². The van der Waals surface area contributed by atoms with E-state index in [0.29, 0.717) is 6.04 Å². The van der Waals surface area contributed by atoms with Crippen LogP contribution in [0.25, 0.3) is 0 Å². The first-order valence-electron chi connectivity index (χ1n) is 7.69. The van der Waals surface area contributed by atoms with Crippen LogP contribution in [0.3, 0.4) is 0 Å². The Morgan fingerprint density at radius 1 is 1.15 bits per heavy atom. The maximum atomic E-state index is 5.34. The number of nitrogens with one attached hydrogen (secondary N) is 1. The predicted octanol–water partition coefficient (Wildman–Crippen LogP) is 3.41. The maximum absolute atomic E-state index is 5.34. The van der Waals surface area contributed by atoms with Crippen molar-refractivity contribution in [3.8, 4) is 11.5 Å². The largest absolute Gasteiger partial charge is 0.493 e. The van der Waals surface area contributed by atoms with Gasteiger partial charge in [-0.25, -0.2) is 0 Å². The van der Waals surface area contributed by atoms with Gasteiger partial charge in [0, 0.05) is 6.04 Å². The minimum Gasteiger partial charge on any atom is -0.493 e. The summed E-state index contributed by atoms with van der Waals surface area (Å²) in [5.41, 5.74) is 1.29. The summed E-state index contributed by atoms with van der Waals surface area (Å²) in [5, 5.41) is 3.67. The third-order valence-electron chi connectivity index (χ3n) is 4.43. The molecule has 0 aliphatic heterocycles. The van der Waals surface area contributed by atoms with Crippen LogP contribution in [0.2, 0.25) is 0 Å². The predicted molar refractivity (Wildman–Crippen MR) is 82.7 cm³/mol. The number of ether oxygens (including phenoxy) is 2. The molecule has 1 saturated carbocycles. The monoisotopic (exact) mass is 277 g/mol. The lowest BCUT2D eigenvalue weighted by molar-refractivity contribution is 0.354. The molecule has 0 bridgehead atoms. The van der Waals surface area contributed by atoms with E-state index < -0.39 is 0 Å². The standard InChI is InChI=1S/C17H27NO2/c1-13(15-6-4-5-7-15)18-11-10-14-8-9-16(19-2)17(12-14)20-3/h8-9,12-13,15,18H,4-7,10-11H2,1-3H3. The van der Waals surface area contributed by atoms with Gasteiger partial charge in [0.2, 0.25) is 0 Å². The van der Waals surface area contributed by atoms with E-state index in [-0.39, 0.29) is 0 Å². The normalized spacial score (nSPS) is 17.1. The molecule has 1 N–H and O–H groups in total. The lowest BCUT2D eigenvalue weighted by Gasteiger charge is -2.20. The summed E-state index contributed by atoms with van der Waals surface area (Å²) in [5.74, 6) is 2.48. The smallest absolute Gasteiger partial charge is 0.160 e. The van der Waals surface area contributed by atoms with Gasteiger partial charge in [-0.05, 0) is 56.3 Å². The molecule has 1 aromatic rings. The Bertz CT molecular complexity index is 413. The zero-order valence-corrected chi connectivity index (χ0v) is 12.9. The molecule has 0 heterocycles. The van der Waals surface area contributed by atoms with Crippen molar-refractivity contribution >= 4 is 0 Å². The molecule has 1 fully saturated rings. The number of rotatable bonds is 7. The van der Waals surface area contributed by atoms with Crippen LogP contribution < -0.4 is 14.8 Å². The van der Waals surface area contributed by atoms with E-state index in [9.17, 15) is 0 Å². The van der Waals surface area contributed by atoms with Crippen molar-refractivity contribution in [3.05, 3.63) is 23.8 Å². The average Bonchev–Trinajstić information content (AvgIpc) is 3.01. The highest BCUT2D eigenvalue weighted by Gasteiger charge is 2.20. The molecule has 112 valence electrons. The van der Waals surface area contributed by atoms with Crippen LogP contribution in [0, 0.1) is 5.92 Å². The Hall–Kier alpha value is -1.22. The lowest BCUT2D eigenvalue weighted by Crippen LogP contribution is -2.33. The van der Waals surface area contributed by atoms with Crippen LogP contribution in [0.1, 0.15) is 38.2 Å². The third kappa shape index (κ3) is 3.89. The van der Waals surface area contributed by atoms with Crippen LogP contribution in [0.4, 0.5) is 0 Å². The van der Waals surface area contributed by atoms with Crippen LogP contribution in [0.5, 0.6) is 11.5 Å². The van der Waals surface area contributed by atoms with Crippen molar-refractivity contribution in [1.82, 2.24) is 5.32 Å². The molecule has 1 aliphatic rings. The summed E-state index contributed by atoms with van der Waals surface area (Å²) in [6, 6.07) is 6.80. The van der Waals surface area contributed by atoms with E-state index in [4.69, 9.17) is 9.47 Å². The first-order chi connectivity index (χ1) is 9.74. The maximum Gasteiger partial charge on any atom is 0.160 e. The third-order valence-corrected chi connectivity index (χ3v) is 4.43. The van der Waals surface area contributed by atoms with Crippen molar-refractivity contribution in [3.63, 3.8) is 0 Å². The molecule has 1 aliphatic carbocycles. The quantitative estimate of drug-likeness (QED) is 0.828. The number of hydrogen-bond acceptors (Lipinski definition) is 3. The molecule has 0 radical (unpaired) electrons. The molecular weight excluding hydrogens is 250 g/mol. The molecule has 3 nitrogen and oxygen atoms in total. The summed E-state index contributed by atoms with van der Waals surface area (Å²) in [7, 11) is 3.35. The van der Waals surface area contributed by atoms with Gasteiger partial charge in [-0.3, -0.25) is 0 Å². The van der Waals surface area contributed by atoms with E-state index in [2.05, 4.69) is 24.4 Å². The second-order valence-electron chi connectivity index (χ2n) is 5.73. The van der Waals surface area contributed by atoms with Crippen molar-refractivity contribution < 1.29 is 9.47 Å². The summed E-state index contributed by atoms with van der Waals surface area (Å²) >= 11 is 0. The highest BCUT2D eigenvalue weighted by Crippen LogP contribution is 2.28. The molecular formula is C17H27NO2. The fraction of sp³-hybridized carbons (Fsp3) is 0.647. The van der Waals surface area contributed by atoms with Gasteiger partial charge in [0.15, 0.2) is 11.5 Å². The zero-order valence-electron chi connectivity index (χ0n) is 12.9. The van der Waals surface area contributed by atoms with Crippen molar-refractivity contribution in [1.29, 1.82) is 0 Å². The molecule has 0 amide bonds. The molecule has 2 rings (SSSR count). The Morgan fingerprint density at radius 3 is 2.50 bits per heavy atom. The van der Waals surface area contributed by atoms with Gasteiger partial charge in [-0.15, -0.1) is 0 Å². The van der Waals surface area contributed by atoms with Gasteiger partial charge in [-0.1, -0.05) is 18.9 Å². The molecule has 0 aromatic heterocycles. The minimum absolute atomic E-state index is 0.637. The Balaban J connectivity index is 1.81. The van der Waals surface area contributed by atoms with Gasteiger partial charge in [0.05, 0.1) is 14.2 Å². The molecule has 3 heteroatoms. The Labute approximate surface area is 122 Å². The van der Waals surface area contributed by atoms with Crippen LogP contribution >= 0.6 is 0 Å². The molecule has 0 spiro atoms. The van der Waals surface area contributed by atoms with Crippen molar-refractivity contribution in [2.75, 3.05) is 20.8 Å². The summed E-state index contributed by atoms with van der Waals surface area (Å²) in [6.07, 6.45) is 6.63. The van der Waals surface area contributed by atoms with Crippen LogP contribution in [-0.2, 0) is 6.42 Å². The summed E-state index contributed by atoms with van der Waals surface area (Å²) in [4.78, 5) is 0. The minimum atomic E-state index is 0.637. The van der Waals surface area contributed by atoms with Gasteiger partial charge in [0.1, 0.15) is 0 Å². The summed E-state index contributed by atoms with van der Waals surface area (Å²) < 4.78 is 10.6. The molecule has 1 atom stereocenters. The Kier molecular flexibility index (Phi) is 5.72. The lowest BCUT2D eigenvalue weighted by atomic mass is 9.99. The van der Waals surface area contributed by atoms with Gasteiger partial charge < -0.3 is 14.8 Å². The SMILES string of the molecule is COc1ccc(CCNC(C)C2CCCC2)cc1OC. The summed E-state index contributed by atoms with van der Waals surface area (Å²) in [6.45, 7) is 3.34. The van der Waals surface area contributed by atoms with Crippen LogP contribution in [-0.4, -0.2) is 26.8 Å². The second-order valence-corrected chi connectivity index (χ2v) is 5.73.